The molecule has 10 rings (SSSR count). The second-order valence-corrected chi connectivity index (χ2v) is 33.9. The van der Waals surface area contributed by atoms with Crippen LogP contribution in [0, 0.1) is 0 Å². The van der Waals surface area contributed by atoms with Crippen LogP contribution >= 0.6 is 0 Å². The molecule has 16 heavy (non-hydrogen) atoms. The van der Waals surface area contributed by atoms with Crippen LogP contribution in [0.1, 0.15) is 6.42 Å². The zero-order valence-electron chi connectivity index (χ0n) is 9.37. The summed E-state index contributed by atoms with van der Waals surface area (Å²) in [6.07, 6.45) is 1.39. The maximum atomic E-state index is 6.42. The second kappa shape index (κ2) is 0.451. The van der Waals surface area contributed by atoms with E-state index < -0.39 is 6.51 Å². The van der Waals surface area contributed by atoms with Crippen LogP contribution in [0.2, 0.25) is 42.8 Å². The zero-order valence-corrected chi connectivity index (χ0v) is 10.5. The fourth-order valence-electron chi connectivity index (χ4n) is 18.3. The van der Waals surface area contributed by atoms with Crippen LogP contribution in [0.3, 0.4) is 0 Å². The molecule has 88 valence electrons. The molecular weight excluding hydrogens is 242 g/mol. The molecule has 10 aliphatic heterocycles. The van der Waals surface area contributed by atoms with E-state index in [4.69, 9.17) is 10.5 Å². The summed E-state index contributed by atoms with van der Waals surface area (Å²) in [6, 6.07) is 0. The molecule has 0 aromatic rings. The molecule has 0 aromatic heterocycles. The van der Waals surface area contributed by atoms with Crippen LogP contribution in [0.5, 0.6) is 0 Å². The molecule has 10 aliphatic rings. The van der Waals surface area contributed by atoms with E-state index in [1.807, 2.05) is 0 Å². The standard InChI is InChI=1S/C8H12NO.C5H5.Fe/c1-10-8-4-2-3-7(8)5-6-9;1-2-4-5-3-1;/h2-4H,5-6,9H2,1H3;1-5H;. The van der Waals surface area contributed by atoms with Crippen LogP contribution in [0.25, 0.3) is 0 Å². The van der Waals surface area contributed by atoms with Crippen molar-refractivity contribution in [2.24, 2.45) is 5.73 Å². The summed E-state index contributed by atoms with van der Waals surface area (Å²) < 4.78 is 7.87. The number of hydrogen-bond acceptors (Lipinski definition) is 2. The number of fused-ring (bicyclic) bond motifs is 10. The Morgan fingerprint density at radius 3 is 2.00 bits per heavy atom. The third kappa shape index (κ3) is 0.0475. The van der Waals surface area contributed by atoms with Crippen molar-refractivity contribution in [1.82, 2.24) is 0 Å². The molecule has 10 heterocycles. The third-order valence-electron chi connectivity index (χ3n) is 15.8. The van der Waals surface area contributed by atoms with Gasteiger partial charge in [-0.2, -0.15) is 0 Å². The molecule has 2 N–H and O–H groups in total. The molecule has 0 radical (unpaired) electrons. The van der Waals surface area contributed by atoms with E-state index in [0.717, 1.165) is 10.9 Å². The molecule has 2 nitrogen and oxygen atoms in total. The Kier molecular flexibility index (Phi) is 0.171. The van der Waals surface area contributed by atoms with Gasteiger partial charge < -0.3 is 0 Å². The fourth-order valence-corrected chi connectivity index (χ4v) is 94.2. The topological polar surface area (TPSA) is 35.2 Å². The van der Waals surface area contributed by atoms with Crippen LogP contribution in [0.15, 0.2) is 0 Å². The van der Waals surface area contributed by atoms with Gasteiger partial charge in [-0.05, 0) is 0 Å². The summed E-state index contributed by atoms with van der Waals surface area (Å²) in [6.45, 7) is -2.10. The van der Waals surface area contributed by atoms with E-state index in [1.165, 1.54) is 45.0 Å². The SMILES string of the molecule is CO[C]12[CH]3[CH]4[CH]5[C]1(CCN)[Fe]45321678[CH]2[CH]1[CH]6[CH]7[CH]28. The molecule has 0 amide bonds. The predicted molar refractivity (Wildman–Crippen MR) is 56.1 cm³/mol. The van der Waals surface area contributed by atoms with Gasteiger partial charge in [0.25, 0.3) is 0 Å². The second-order valence-electron chi connectivity index (χ2n) is 10.6. The third-order valence-corrected chi connectivity index (χ3v) is 58.9. The van der Waals surface area contributed by atoms with Crippen molar-refractivity contribution < 1.29 is 11.2 Å². The van der Waals surface area contributed by atoms with Gasteiger partial charge in [0.1, 0.15) is 0 Å². The van der Waals surface area contributed by atoms with Crippen molar-refractivity contribution in [1.29, 1.82) is 0 Å². The van der Waals surface area contributed by atoms with Gasteiger partial charge in [0.05, 0.1) is 0 Å². The number of ether oxygens (including phenoxy) is 1. The molecule has 3 heteroatoms. The van der Waals surface area contributed by atoms with Crippen molar-refractivity contribution in [2.75, 3.05) is 13.7 Å². The van der Waals surface area contributed by atoms with Gasteiger partial charge in [-0.3, -0.25) is 0 Å². The normalized spacial score (nSPS) is 131. The van der Waals surface area contributed by atoms with Gasteiger partial charge >= 0.3 is 84.4 Å². The molecule has 0 bridgehead atoms. The first-order chi connectivity index (χ1) is 7.56. The Hall–Kier alpha value is 0.439. The van der Waals surface area contributed by atoms with Gasteiger partial charge in [-0.15, -0.1) is 0 Å². The van der Waals surface area contributed by atoms with Crippen molar-refractivity contribution in [3.63, 3.8) is 0 Å². The first-order valence-electron chi connectivity index (χ1n) is 7.02. The first-order valence-corrected chi connectivity index (χ1v) is 13.2. The summed E-state index contributed by atoms with van der Waals surface area (Å²) in [4.78, 5) is 10.7. The Balaban J connectivity index is 1.75. The predicted octanol–water partition coefficient (Wildman–Crippen LogP) is 2.65. The molecule has 5 atom stereocenters. The quantitative estimate of drug-likeness (QED) is 0.791. The molecule has 0 aromatic carbocycles. The zero-order chi connectivity index (χ0) is 10.1. The Morgan fingerprint density at radius 2 is 1.69 bits per heavy atom. The number of methoxy groups -OCH3 is 1. The minimum atomic E-state index is -3.06. The summed E-state index contributed by atoms with van der Waals surface area (Å²) in [5.41, 5.74) is 6.01. The van der Waals surface area contributed by atoms with Crippen LogP contribution < -0.4 is 5.73 Å². The molecule has 10 fully saturated rings. The summed E-state index contributed by atoms with van der Waals surface area (Å²) in [5, 5.41) is 0. The number of rotatable bonds is 3. The van der Waals surface area contributed by atoms with E-state index in [-0.39, 0.29) is 0 Å². The summed E-state index contributed by atoms with van der Waals surface area (Å²) in [7, 11) is 2.08. The Labute approximate surface area is 84.6 Å². The Bertz CT molecular complexity index is 924. The molecule has 1 spiro atoms. The number of hydrogen-bond donors (Lipinski definition) is 1. The van der Waals surface area contributed by atoms with Crippen molar-refractivity contribution >= 4 is 0 Å². The fraction of sp³-hybridized carbons (Fsp3) is 1.00. The average molecular weight is 259 g/mol. The van der Waals surface area contributed by atoms with Gasteiger partial charge in [-0.25, -0.2) is 0 Å². The van der Waals surface area contributed by atoms with Crippen LogP contribution in [-0.4, -0.2) is 18.2 Å². The van der Waals surface area contributed by atoms with Crippen molar-refractivity contribution in [3.8, 4) is 0 Å². The van der Waals surface area contributed by atoms with Crippen LogP contribution in [-0.2, 0) is 11.2 Å². The molecule has 5 unspecified atom stereocenters. The van der Waals surface area contributed by atoms with Gasteiger partial charge in [0, 0.05) is 0 Å². The molecular formula is C13H17FeNO. The van der Waals surface area contributed by atoms with E-state index >= 15 is 0 Å². The van der Waals surface area contributed by atoms with Crippen molar-refractivity contribution in [2.45, 2.75) is 53.8 Å². The monoisotopic (exact) mass is 259 g/mol. The van der Waals surface area contributed by atoms with Crippen LogP contribution in [0.4, 0.5) is 0 Å². The first kappa shape index (κ1) is 6.06. The minimum absolute atomic E-state index is 0.603. The van der Waals surface area contributed by atoms with Gasteiger partial charge in [0.15, 0.2) is 0 Å². The summed E-state index contributed by atoms with van der Waals surface area (Å²) in [5.74, 6) is 0. The molecule has 0 saturated carbocycles. The molecule has 0 aliphatic carbocycles. The van der Waals surface area contributed by atoms with Crippen molar-refractivity contribution in [3.05, 3.63) is 0 Å². The van der Waals surface area contributed by atoms with Gasteiger partial charge in [-0.1, -0.05) is 0 Å². The van der Waals surface area contributed by atoms with E-state index in [9.17, 15) is 0 Å². The maximum absolute atomic E-state index is 6.42. The summed E-state index contributed by atoms with van der Waals surface area (Å²) >= 11 is 0. The number of nitrogens with two attached hydrogens (primary N) is 1. The molecule has 10 saturated heterocycles. The Morgan fingerprint density at radius 1 is 1.06 bits per heavy atom. The van der Waals surface area contributed by atoms with E-state index in [1.54, 1.807) is 0 Å². The van der Waals surface area contributed by atoms with E-state index in [0.29, 0.717) is 4.50 Å². The van der Waals surface area contributed by atoms with E-state index in [2.05, 4.69) is 7.11 Å². The average Bonchev–Trinajstić information content (AvgIpc) is 3.24. The van der Waals surface area contributed by atoms with Gasteiger partial charge in [0.2, 0.25) is 0 Å².